The summed E-state index contributed by atoms with van der Waals surface area (Å²) < 4.78 is 17.9. The van der Waals surface area contributed by atoms with Crippen LogP contribution in [-0.2, 0) is 20.7 Å². The highest BCUT2D eigenvalue weighted by molar-refractivity contribution is 6.01. The van der Waals surface area contributed by atoms with Crippen LogP contribution in [0.15, 0.2) is 48.5 Å². The quantitative estimate of drug-likeness (QED) is 0.757. The number of benzene rings is 2. The summed E-state index contributed by atoms with van der Waals surface area (Å²) in [5.41, 5.74) is 1.24. The van der Waals surface area contributed by atoms with Crippen molar-refractivity contribution in [1.82, 2.24) is 5.32 Å². The molecule has 6 nitrogen and oxygen atoms in total. The highest BCUT2D eigenvalue weighted by atomic mass is 19.1. The number of amides is 2. The first-order valence-electron chi connectivity index (χ1n) is 8.39. The van der Waals surface area contributed by atoms with E-state index in [1.165, 1.54) is 31.1 Å². The Morgan fingerprint density at radius 2 is 1.85 bits per heavy atom. The van der Waals surface area contributed by atoms with Crippen LogP contribution in [0.4, 0.5) is 10.1 Å². The average molecular weight is 372 g/mol. The zero-order valence-electron chi connectivity index (χ0n) is 15.2. The molecule has 27 heavy (non-hydrogen) atoms. The lowest BCUT2D eigenvalue weighted by Gasteiger charge is -2.23. The lowest BCUT2D eigenvalue weighted by atomic mass is 10.1. The summed E-state index contributed by atoms with van der Waals surface area (Å²) in [6, 6.07) is 12.4. The van der Waals surface area contributed by atoms with Crippen LogP contribution in [0.3, 0.4) is 0 Å². The van der Waals surface area contributed by atoms with Crippen LogP contribution in [0.2, 0.25) is 0 Å². The van der Waals surface area contributed by atoms with Crippen LogP contribution in [-0.4, -0.2) is 38.0 Å². The lowest BCUT2D eigenvalue weighted by Crippen LogP contribution is -2.38. The molecular weight excluding hydrogens is 351 g/mol. The molecule has 2 amide bonds. The summed E-state index contributed by atoms with van der Waals surface area (Å²) in [6.07, 6.45) is 0.0383. The number of halogens is 1. The summed E-state index contributed by atoms with van der Waals surface area (Å²) in [4.78, 5) is 37.4. The number of anilines is 1. The van der Waals surface area contributed by atoms with Crippen molar-refractivity contribution in [3.05, 3.63) is 65.5 Å². The number of hydrogen-bond donors (Lipinski definition) is 1. The van der Waals surface area contributed by atoms with Gasteiger partial charge in [0.1, 0.15) is 5.82 Å². The van der Waals surface area contributed by atoms with E-state index in [1.54, 1.807) is 36.4 Å². The average Bonchev–Trinajstić information content (AvgIpc) is 2.64. The molecule has 0 unspecified atom stereocenters. The van der Waals surface area contributed by atoms with E-state index < -0.39 is 11.8 Å². The first-order valence-corrected chi connectivity index (χ1v) is 8.39. The van der Waals surface area contributed by atoms with E-state index in [2.05, 4.69) is 5.32 Å². The summed E-state index contributed by atoms with van der Waals surface area (Å²) in [6.45, 7) is 1.74. The van der Waals surface area contributed by atoms with Gasteiger partial charge in [-0.25, -0.2) is 9.18 Å². The smallest absolute Gasteiger partial charge is 0.339 e. The van der Waals surface area contributed by atoms with Crippen molar-refractivity contribution < 1.29 is 23.5 Å². The van der Waals surface area contributed by atoms with Crippen LogP contribution in [0.1, 0.15) is 22.8 Å². The van der Waals surface area contributed by atoms with Crippen molar-refractivity contribution in [2.24, 2.45) is 0 Å². The van der Waals surface area contributed by atoms with Gasteiger partial charge in [0.2, 0.25) is 11.8 Å². The molecule has 0 aromatic heterocycles. The molecule has 0 saturated carbocycles. The fourth-order valence-electron chi connectivity index (χ4n) is 2.64. The summed E-state index contributed by atoms with van der Waals surface area (Å²) in [7, 11) is 1.27. The number of methoxy groups -OCH3 is 1. The van der Waals surface area contributed by atoms with Gasteiger partial charge in [0, 0.05) is 20.0 Å². The van der Waals surface area contributed by atoms with Gasteiger partial charge in [-0.1, -0.05) is 24.3 Å². The highest BCUT2D eigenvalue weighted by Gasteiger charge is 2.19. The third kappa shape index (κ3) is 5.64. The molecular formula is C20H21FN2O4. The SMILES string of the molecule is COC(=O)c1ccccc1N(CCNC(=O)Cc1cccc(F)c1)C(C)=O. The van der Waals surface area contributed by atoms with Crippen molar-refractivity contribution in [3.8, 4) is 0 Å². The number of hydrogen-bond acceptors (Lipinski definition) is 4. The predicted octanol–water partition coefficient (Wildman–Crippen LogP) is 2.32. The van der Waals surface area contributed by atoms with Gasteiger partial charge >= 0.3 is 5.97 Å². The van der Waals surface area contributed by atoms with Crippen LogP contribution in [0.25, 0.3) is 0 Å². The molecule has 0 aliphatic heterocycles. The molecule has 0 aliphatic carbocycles. The molecule has 0 saturated heterocycles. The number of carbonyl (C=O) groups is 3. The van der Waals surface area contributed by atoms with Crippen LogP contribution < -0.4 is 10.2 Å². The van der Waals surface area contributed by atoms with Crippen LogP contribution in [0.5, 0.6) is 0 Å². The number of para-hydroxylation sites is 1. The topological polar surface area (TPSA) is 75.7 Å². The van der Waals surface area contributed by atoms with Crippen molar-refractivity contribution >= 4 is 23.5 Å². The van der Waals surface area contributed by atoms with Crippen LogP contribution in [0, 0.1) is 5.82 Å². The Bertz CT molecular complexity index is 838. The Balaban J connectivity index is 2.00. The number of ether oxygens (including phenoxy) is 1. The monoisotopic (exact) mass is 372 g/mol. The number of carbonyl (C=O) groups excluding carboxylic acids is 3. The van der Waals surface area contributed by atoms with Crippen molar-refractivity contribution in [2.45, 2.75) is 13.3 Å². The number of esters is 1. The summed E-state index contributed by atoms with van der Waals surface area (Å²) in [5, 5.41) is 2.70. The molecule has 0 atom stereocenters. The minimum Gasteiger partial charge on any atom is -0.465 e. The fourth-order valence-corrected chi connectivity index (χ4v) is 2.64. The molecule has 0 radical (unpaired) electrons. The Morgan fingerprint density at radius 1 is 1.11 bits per heavy atom. The van der Waals surface area contributed by atoms with Gasteiger partial charge in [0.15, 0.2) is 0 Å². The molecule has 0 bridgehead atoms. The number of nitrogens with zero attached hydrogens (tertiary/aromatic N) is 1. The molecule has 2 aromatic carbocycles. The Kier molecular flexibility index (Phi) is 7.05. The zero-order valence-corrected chi connectivity index (χ0v) is 15.2. The molecule has 7 heteroatoms. The van der Waals surface area contributed by atoms with Crippen molar-refractivity contribution in [3.63, 3.8) is 0 Å². The minimum atomic E-state index is -0.549. The molecule has 0 fully saturated rings. The Labute approximate surface area is 156 Å². The Hall–Kier alpha value is -3.22. The Morgan fingerprint density at radius 3 is 2.52 bits per heavy atom. The van der Waals surface area contributed by atoms with E-state index in [4.69, 9.17) is 4.74 Å². The van der Waals surface area contributed by atoms with Gasteiger partial charge < -0.3 is 15.0 Å². The highest BCUT2D eigenvalue weighted by Crippen LogP contribution is 2.21. The molecule has 2 aromatic rings. The molecule has 0 aliphatic rings. The zero-order chi connectivity index (χ0) is 19.8. The largest absolute Gasteiger partial charge is 0.465 e. The fraction of sp³-hybridized carbons (Fsp3) is 0.250. The third-order valence-corrected chi connectivity index (χ3v) is 3.89. The lowest BCUT2D eigenvalue weighted by molar-refractivity contribution is -0.121. The first-order chi connectivity index (χ1) is 12.9. The second-order valence-electron chi connectivity index (χ2n) is 5.84. The van der Waals surface area contributed by atoms with E-state index in [-0.39, 0.29) is 36.9 Å². The maximum absolute atomic E-state index is 13.2. The van der Waals surface area contributed by atoms with Gasteiger partial charge in [0.25, 0.3) is 0 Å². The van der Waals surface area contributed by atoms with E-state index in [0.29, 0.717) is 11.3 Å². The van der Waals surface area contributed by atoms with E-state index >= 15 is 0 Å². The second kappa shape index (κ2) is 9.47. The van der Waals surface area contributed by atoms with Crippen molar-refractivity contribution in [1.29, 1.82) is 0 Å². The summed E-state index contributed by atoms with van der Waals surface area (Å²) in [5.74, 6) is -1.51. The van der Waals surface area contributed by atoms with Crippen LogP contribution >= 0.6 is 0 Å². The van der Waals surface area contributed by atoms with E-state index in [9.17, 15) is 18.8 Å². The van der Waals surface area contributed by atoms with Gasteiger partial charge in [-0.2, -0.15) is 0 Å². The maximum atomic E-state index is 13.2. The van der Waals surface area contributed by atoms with E-state index in [1.807, 2.05) is 0 Å². The van der Waals surface area contributed by atoms with E-state index in [0.717, 1.165) is 0 Å². The first kappa shape index (κ1) is 20.1. The standard InChI is InChI=1S/C20H21FN2O4/c1-14(24)23(18-9-4-3-8-17(18)20(26)27-2)11-10-22-19(25)13-15-6-5-7-16(21)12-15/h3-9,12H,10-11,13H2,1-2H3,(H,22,25). The molecule has 0 spiro atoms. The molecule has 0 heterocycles. The summed E-state index contributed by atoms with van der Waals surface area (Å²) >= 11 is 0. The van der Waals surface area contributed by atoms with Gasteiger partial charge in [-0.05, 0) is 29.8 Å². The molecule has 142 valence electrons. The normalized spacial score (nSPS) is 10.2. The van der Waals surface area contributed by atoms with Gasteiger partial charge in [0.05, 0.1) is 24.8 Å². The molecule has 1 N–H and O–H groups in total. The van der Waals surface area contributed by atoms with Crippen molar-refractivity contribution in [2.75, 3.05) is 25.1 Å². The number of rotatable bonds is 7. The second-order valence-corrected chi connectivity index (χ2v) is 5.84. The minimum absolute atomic E-state index is 0.0383. The third-order valence-electron chi connectivity index (χ3n) is 3.89. The predicted molar refractivity (Wildman–Crippen MR) is 98.9 cm³/mol. The van der Waals surface area contributed by atoms with Gasteiger partial charge in [-0.15, -0.1) is 0 Å². The maximum Gasteiger partial charge on any atom is 0.339 e. The molecule has 2 rings (SSSR count). The number of nitrogens with one attached hydrogen (secondary N) is 1. The van der Waals surface area contributed by atoms with Gasteiger partial charge in [-0.3, -0.25) is 9.59 Å².